The third-order valence-corrected chi connectivity index (χ3v) is 8.09. The van der Waals surface area contributed by atoms with Crippen molar-refractivity contribution in [2.24, 2.45) is 17.8 Å². The second-order valence-corrected chi connectivity index (χ2v) is 10.4. The number of phenols is 1. The van der Waals surface area contributed by atoms with Crippen LogP contribution in [0.5, 0.6) is 17.2 Å². The van der Waals surface area contributed by atoms with Gasteiger partial charge in [-0.15, -0.1) is 0 Å². The number of methoxy groups -OCH3 is 2. The van der Waals surface area contributed by atoms with E-state index in [0.717, 1.165) is 59.6 Å². The van der Waals surface area contributed by atoms with Gasteiger partial charge >= 0.3 is 5.97 Å². The first kappa shape index (κ1) is 23.6. The van der Waals surface area contributed by atoms with E-state index in [0.29, 0.717) is 5.56 Å². The minimum atomic E-state index is -1.18. The average Bonchev–Trinajstić information content (AvgIpc) is 2.81. The van der Waals surface area contributed by atoms with Crippen molar-refractivity contribution < 1.29 is 29.2 Å². The number of aromatic hydroxyl groups is 1. The Labute approximate surface area is 206 Å². The topological polar surface area (TPSA) is 85.2 Å². The first-order valence-corrected chi connectivity index (χ1v) is 12.3. The third-order valence-electron chi connectivity index (χ3n) is 8.09. The molecule has 4 bridgehead atoms. The van der Waals surface area contributed by atoms with E-state index in [4.69, 9.17) is 19.3 Å². The Morgan fingerprint density at radius 1 is 1.03 bits per heavy atom. The summed E-state index contributed by atoms with van der Waals surface area (Å²) in [6.07, 6.45) is 7.06. The fourth-order valence-electron chi connectivity index (χ4n) is 7.05. The number of rotatable bonds is 6. The van der Waals surface area contributed by atoms with Gasteiger partial charge in [-0.25, -0.2) is 4.79 Å². The smallest absolute Gasteiger partial charge is 0.339 e. The summed E-state index contributed by atoms with van der Waals surface area (Å²) in [5.41, 5.74) is 2.25. The zero-order valence-electron chi connectivity index (χ0n) is 20.5. The van der Waals surface area contributed by atoms with Crippen molar-refractivity contribution in [3.8, 4) is 29.1 Å². The molecular formula is C29H32O6. The van der Waals surface area contributed by atoms with Crippen LogP contribution in [0.3, 0.4) is 0 Å². The van der Waals surface area contributed by atoms with Gasteiger partial charge in [-0.2, -0.15) is 0 Å². The summed E-state index contributed by atoms with van der Waals surface area (Å²) in [6.45, 7) is 1.89. The minimum Gasteiger partial charge on any atom is -0.507 e. The molecular weight excluding hydrogens is 444 g/mol. The molecule has 184 valence electrons. The first-order chi connectivity index (χ1) is 16.8. The lowest BCUT2D eigenvalue weighted by Gasteiger charge is -2.57. The molecule has 0 aliphatic heterocycles. The molecule has 4 saturated carbocycles. The molecule has 0 saturated heterocycles. The molecule has 4 fully saturated rings. The molecule has 4 aliphatic carbocycles. The molecule has 0 aromatic heterocycles. The molecule has 0 radical (unpaired) electrons. The quantitative estimate of drug-likeness (QED) is 0.433. The zero-order valence-corrected chi connectivity index (χ0v) is 20.5. The van der Waals surface area contributed by atoms with Crippen molar-refractivity contribution in [1.29, 1.82) is 0 Å². The standard InChI is InChI=1S/C29H32O6/c1-17(33-2)35-25-9-7-22(6-4-18-5-8-23(28(31)32)24(30)13-18)27(34-3)26(25)29-14-19-10-20(15-29)12-21(11-19)16-29/h5,7-9,13,17,19-21,30H,10-12,14-16H2,1-3H3,(H,31,32). The van der Waals surface area contributed by atoms with Crippen LogP contribution in [-0.2, 0) is 10.2 Å². The molecule has 2 N–H and O–H groups in total. The Hall–Kier alpha value is -3.17. The summed E-state index contributed by atoms with van der Waals surface area (Å²) in [5, 5.41) is 19.2. The number of ether oxygens (including phenoxy) is 3. The number of hydrogen-bond donors (Lipinski definition) is 2. The van der Waals surface area contributed by atoms with E-state index in [1.807, 2.05) is 19.1 Å². The predicted molar refractivity (Wildman–Crippen MR) is 131 cm³/mol. The number of carboxylic acids is 1. The van der Waals surface area contributed by atoms with Crippen LogP contribution in [0, 0.1) is 29.6 Å². The maximum Gasteiger partial charge on any atom is 0.339 e. The van der Waals surface area contributed by atoms with Gasteiger partial charge in [0.2, 0.25) is 0 Å². The number of benzene rings is 2. The minimum absolute atomic E-state index is 0.0159. The molecule has 0 spiro atoms. The van der Waals surface area contributed by atoms with Gasteiger partial charge in [0.15, 0.2) is 6.29 Å². The predicted octanol–water partition coefficient (Wildman–Crippen LogP) is 5.34. The normalized spacial score (nSPS) is 27.1. The number of carbonyl (C=O) groups is 1. The fourth-order valence-corrected chi connectivity index (χ4v) is 7.05. The average molecular weight is 477 g/mol. The highest BCUT2D eigenvalue weighted by molar-refractivity contribution is 5.90. The summed E-state index contributed by atoms with van der Waals surface area (Å²) in [7, 11) is 3.32. The third kappa shape index (κ3) is 4.34. The summed E-state index contributed by atoms with van der Waals surface area (Å²) >= 11 is 0. The summed E-state index contributed by atoms with van der Waals surface area (Å²) in [6, 6.07) is 8.21. The highest BCUT2D eigenvalue weighted by Gasteiger charge is 2.53. The van der Waals surface area contributed by atoms with Crippen LogP contribution in [0.2, 0.25) is 0 Å². The lowest BCUT2D eigenvalue weighted by molar-refractivity contribution is -0.0439. The molecule has 0 amide bonds. The molecule has 1 unspecified atom stereocenters. The number of hydrogen-bond acceptors (Lipinski definition) is 5. The second kappa shape index (κ2) is 9.13. The SMILES string of the molecule is COc1c(C#Cc2ccc(C(=O)O)c(O)c2)ccc(OC(C)OC)c1C12CC3CC(CC(C3)C1)C2. The van der Waals surface area contributed by atoms with Crippen molar-refractivity contribution >= 4 is 5.97 Å². The van der Waals surface area contributed by atoms with Crippen LogP contribution in [0.15, 0.2) is 30.3 Å². The van der Waals surface area contributed by atoms with Gasteiger partial charge in [0, 0.05) is 23.7 Å². The van der Waals surface area contributed by atoms with Crippen LogP contribution < -0.4 is 9.47 Å². The van der Waals surface area contributed by atoms with E-state index >= 15 is 0 Å². The monoisotopic (exact) mass is 476 g/mol. The molecule has 2 aromatic carbocycles. The second-order valence-electron chi connectivity index (χ2n) is 10.4. The summed E-state index contributed by atoms with van der Waals surface area (Å²) < 4.78 is 17.7. The van der Waals surface area contributed by atoms with E-state index in [-0.39, 0.29) is 23.0 Å². The maximum atomic E-state index is 11.2. The highest BCUT2D eigenvalue weighted by atomic mass is 16.7. The van der Waals surface area contributed by atoms with Crippen molar-refractivity contribution in [2.75, 3.05) is 14.2 Å². The van der Waals surface area contributed by atoms with Crippen molar-refractivity contribution in [1.82, 2.24) is 0 Å². The molecule has 35 heavy (non-hydrogen) atoms. The number of carboxylic acid groups (broad SMARTS) is 1. The van der Waals surface area contributed by atoms with Crippen LogP contribution in [0.1, 0.15) is 72.5 Å². The first-order valence-electron chi connectivity index (χ1n) is 12.3. The van der Waals surface area contributed by atoms with E-state index < -0.39 is 5.97 Å². The summed E-state index contributed by atoms with van der Waals surface area (Å²) in [4.78, 5) is 11.2. The Kier molecular flexibility index (Phi) is 6.14. The molecule has 6 heteroatoms. The van der Waals surface area contributed by atoms with Gasteiger partial charge < -0.3 is 24.4 Å². The van der Waals surface area contributed by atoms with Crippen LogP contribution >= 0.6 is 0 Å². The fraction of sp³-hybridized carbons (Fsp3) is 0.483. The summed E-state index contributed by atoms with van der Waals surface area (Å²) in [5.74, 6) is 8.59. The Bertz CT molecular complexity index is 1170. The highest BCUT2D eigenvalue weighted by Crippen LogP contribution is 2.63. The van der Waals surface area contributed by atoms with Crippen LogP contribution in [0.25, 0.3) is 0 Å². The molecule has 2 aromatic rings. The van der Waals surface area contributed by atoms with Crippen molar-refractivity contribution in [3.05, 3.63) is 52.6 Å². The van der Waals surface area contributed by atoms with Gasteiger partial charge in [-0.05, 0) is 93.5 Å². The van der Waals surface area contributed by atoms with Crippen LogP contribution in [-0.4, -0.2) is 36.7 Å². The molecule has 0 heterocycles. The largest absolute Gasteiger partial charge is 0.507 e. The van der Waals surface area contributed by atoms with Gasteiger partial charge in [0.25, 0.3) is 0 Å². The Morgan fingerprint density at radius 3 is 2.23 bits per heavy atom. The van der Waals surface area contributed by atoms with E-state index in [9.17, 15) is 9.90 Å². The van der Waals surface area contributed by atoms with E-state index in [1.54, 1.807) is 20.3 Å². The Morgan fingerprint density at radius 2 is 1.69 bits per heavy atom. The lowest BCUT2D eigenvalue weighted by Crippen LogP contribution is -2.49. The van der Waals surface area contributed by atoms with E-state index in [1.165, 1.54) is 31.4 Å². The molecule has 1 atom stereocenters. The molecule has 6 rings (SSSR count). The van der Waals surface area contributed by atoms with Crippen LogP contribution in [0.4, 0.5) is 0 Å². The lowest BCUT2D eigenvalue weighted by atomic mass is 9.47. The van der Waals surface area contributed by atoms with Crippen molar-refractivity contribution in [3.63, 3.8) is 0 Å². The van der Waals surface area contributed by atoms with Gasteiger partial charge in [-0.1, -0.05) is 11.8 Å². The number of aromatic carboxylic acids is 1. The van der Waals surface area contributed by atoms with Gasteiger partial charge in [0.1, 0.15) is 22.8 Å². The van der Waals surface area contributed by atoms with Gasteiger partial charge in [0.05, 0.1) is 12.7 Å². The Balaban J connectivity index is 1.59. The van der Waals surface area contributed by atoms with Gasteiger partial charge in [-0.3, -0.25) is 0 Å². The zero-order chi connectivity index (χ0) is 24.7. The van der Waals surface area contributed by atoms with E-state index in [2.05, 4.69) is 11.8 Å². The molecule has 4 aliphatic rings. The molecule has 6 nitrogen and oxygen atoms in total. The van der Waals surface area contributed by atoms with Crippen molar-refractivity contribution in [2.45, 2.75) is 57.2 Å². The maximum absolute atomic E-state index is 11.2.